The van der Waals surface area contributed by atoms with Crippen LogP contribution in [0.25, 0.3) is 0 Å². The van der Waals surface area contributed by atoms with Crippen LogP contribution < -0.4 is 16.0 Å². The van der Waals surface area contributed by atoms with Crippen LogP contribution in [0.5, 0.6) is 0 Å². The third-order valence-corrected chi connectivity index (χ3v) is 3.78. The van der Waals surface area contributed by atoms with Crippen LogP contribution in [0.4, 0.5) is 4.79 Å². The van der Waals surface area contributed by atoms with Gasteiger partial charge in [0.25, 0.3) is 0 Å². The van der Waals surface area contributed by atoms with E-state index in [-0.39, 0.29) is 17.6 Å². The second kappa shape index (κ2) is 4.62. The molecule has 0 spiro atoms. The molecule has 0 bridgehead atoms. The molecule has 2 aliphatic rings. The number of urea groups is 1. The fourth-order valence-corrected chi connectivity index (χ4v) is 3.04. The first-order valence-electron chi connectivity index (χ1n) is 6.44. The molecule has 4 nitrogen and oxygen atoms in total. The van der Waals surface area contributed by atoms with Crippen molar-refractivity contribution in [1.29, 1.82) is 0 Å². The van der Waals surface area contributed by atoms with Crippen LogP contribution in [0.3, 0.4) is 0 Å². The molecule has 2 atom stereocenters. The summed E-state index contributed by atoms with van der Waals surface area (Å²) in [6, 6.07) is 0.678. The zero-order valence-corrected chi connectivity index (χ0v) is 10.3. The summed E-state index contributed by atoms with van der Waals surface area (Å²) in [6.45, 7) is 5.01. The molecule has 0 radical (unpaired) electrons. The van der Waals surface area contributed by atoms with Gasteiger partial charge in [-0.05, 0) is 39.7 Å². The normalized spacial score (nSPS) is 33.6. The van der Waals surface area contributed by atoms with Gasteiger partial charge in [-0.25, -0.2) is 4.79 Å². The molecule has 3 N–H and O–H groups in total. The van der Waals surface area contributed by atoms with Crippen LogP contribution in [-0.4, -0.2) is 30.2 Å². The zero-order valence-electron chi connectivity index (χ0n) is 10.3. The highest BCUT2D eigenvalue weighted by molar-refractivity contribution is 5.75. The van der Waals surface area contributed by atoms with Crippen molar-refractivity contribution in [2.45, 2.75) is 63.6 Å². The number of amides is 2. The molecule has 0 aromatic heterocycles. The van der Waals surface area contributed by atoms with E-state index in [0.29, 0.717) is 6.04 Å². The van der Waals surface area contributed by atoms with Crippen LogP contribution in [-0.2, 0) is 0 Å². The van der Waals surface area contributed by atoms with Gasteiger partial charge in [0, 0.05) is 12.1 Å². The standard InChI is InChI=1S/C12H23N3O/c1-9(2)14-11(16)15-12-6-4-3-5-10(12)13-8-7-12/h9-10,13H,3-8H2,1-2H3,(H2,14,15,16). The summed E-state index contributed by atoms with van der Waals surface area (Å²) in [5.74, 6) is 0. The van der Waals surface area contributed by atoms with E-state index >= 15 is 0 Å². The van der Waals surface area contributed by atoms with Crippen LogP contribution in [0.2, 0.25) is 0 Å². The number of hydrogen-bond donors (Lipinski definition) is 3. The van der Waals surface area contributed by atoms with Gasteiger partial charge in [0.2, 0.25) is 0 Å². The summed E-state index contributed by atoms with van der Waals surface area (Å²) < 4.78 is 0. The Hall–Kier alpha value is -0.770. The molecular weight excluding hydrogens is 202 g/mol. The first kappa shape index (κ1) is 11.7. The van der Waals surface area contributed by atoms with Gasteiger partial charge in [-0.1, -0.05) is 12.8 Å². The Morgan fingerprint density at radius 2 is 2.19 bits per heavy atom. The van der Waals surface area contributed by atoms with Crippen molar-refractivity contribution in [2.75, 3.05) is 6.54 Å². The zero-order chi connectivity index (χ0) is 11.6. The summed E-state index contributed by atoms with van der Waals surface area (Å²) in [5.41, 5.74) is 0.0250. The van der Waals surface area contributed by atoms with Crippen molar-refractivity contribution in [3.05, 3.63) is 0 Å². The van der Waals surface area contributed by atoms with Crippen LogP contribution in [0.1, 0.15) is 46.0 Å². The topological polar surface area (TPSA) is 53.2 Å². The number of nitrogens with one attached hydrogen (secondary N) is 3. The molecule has 16 heavy (non-hydrogen) atoms. The minimum absolute atomic E-state index is 0.00870. The smallest absolute Gasteiger partial charge is 0.315 e. The predicted molar refractivity (Wildman–Crippen MR) is 64.4 cm³/mol. The average Bonchev–Trinajstić information content (AvgIpc) is 2.58. The monoisotopic (exact) mass is 225 g/mol. The summed E-state index contributed by atoms with van der Waals surface area (Å²) in [7, 11) is 0. The Balaban J connectivity index is 1.97. The average molecular weight is 225 g/mol. The number of carbonyl (C=O) groups is 1. The van der Waals surface area contributed by atoms with Gasteiger partial charge in [-0.3, -0.25) is 0 Å². The molecule has 1 aliphatic carbocycles. The van der Waals surface area contributed by atoms with Crippen molar-refractivity contribution in [2.24, 2.45) is 0 Å². The molecule has 1 aliphatic heterocycles. The van der Waals surface area contributed by atoms with E-state index in [2.05, 4.69) is 16.0 Å². The Bertz CT molecular complexity index is 267. The van der Waals surface area contributed by atoms with Crippen molar-refractivity contribution in [3.8, 4) is 0 Å². The number of carbonyl (C=O) groups excluding carboxylic acids is 1. The number of hydrogen-bond acceptors (Lipinski definition) is 2. The van der Waals surface area contributed by atoms with Gasteiger partial charge in [0.05, 0.1) is 5.54 Å². The fourth-order valence-electron chi connectivity index (χ4n) is 3.04. The summed E-state index contributed by atoms with van der Waals surface area (Å²) in [4.78, 5) is 11.8. The van der Waals surface area contributed by atoms with E-state index in [4.69, 9.17) is 0 Å². The molecule has 4 heteroatoms. The van der Waals surface area contributed by atoms with Crippen LogP contribution in [0, 0.1) is 0 Å². The molecule has 2 unspecified atom stereocenters. The summed E-state index contributed by atoms with van der Waals surface area (Å²) in [6.07, 6.45) is 5.91. The molecule has 2 rings (SSSR count). The van der Waals surface area contributed by atoms with E-state index in [9.17, 15) is 4.79 Å². The number of fused-ring (bicyclic) bond motifs is 1. The quantitative estimate of drug-likeness (QED) is 0.665. The molecule has 0 aromatic rings. The lowest BCUT2D eigenvalue weighted by Crippen LogP contribution is -2.60. The molecule has 0 aromatic carbocycles. The molecule has 1 saturated carbocycles. The van der Waals surface area contributed by atoms with Gasteiger partial charge in [0.1, 0.15) is 0 Å². The first-order chi connectivity index (χ1) is 7.62. The van der Waals surface area contributed by atoms with E-state index in [1.54, 1.807) is 0 Å². The number of rotatable bonds is 2. The van der Waals surface area contributed by atoms with E-state index in [1.807, 2.05) is 13.8 Å². The molecule has 2 amide bonds. The Kier molecular flexibility index (Phi) is 3.38. The molecule has 2 fully saturated rings. The molecule has 92 valence electrons. The predicted octanol–water partition coefficient (Wildman–Crippen LogP) is 1.37. The summed E-state index contributed by atoms with van der Waals surface area (Å²) in [5, 5.41) is 9.65. The van der Waals surface area contributed by atoms with Gasteiger partial charge < -0.3 is 16.0 Å². The molecular formula is C12H23N3O. The second-order valence-corrected chi connectivity index (χ2v) is 5.41. The lowest BCUT2D eigenvalue weighted by Gasteiger charge is -2.39. The van der Waals surface area contributed by atoms with E-state index in [1.165, 1.54) is 19.3 Å². The Morgan fingerprint density at radius 1 is 1.38 bits per heavy atom. The highest BCUT2D eigenvalue weighted by Crippen LogP contribution is 2.34. The summed E-state index contributed by atoms with van der Waals surface area (Å²) >= 11 is 0. The van der Waals surface area contributed by atoms with Crippen LogP contribution in [0.15, 0.2) is 0 Å². The van der Waals surface area contributed by atoms with Gasteiger partial charge in [-0.15, -0.1) is 0 Å². The molecule has 1 saturated heterocycles. The maximum absolute atomic E-state index is 11.8. The lowest BCUT2D eigenvalue weighted by molar-refractivity contribution is 0.193. The second-order valence-electron chi connectivity index (χ2n) is 5.41. The minimum Gasteiger partial charge on any atom is -0.336 e. The maximum atomic E-state index is 11.8. The molecule has 1 heterocycles. The third-order valence-electron chi connectivity index (χ3n) is 3.78. The van der Waals surface area contributed by atoms with Crippen LogP contribution >= 0.6 is 0 Å². The van der Waals surface area contributed by atoms with Crippen molar-refractivity contribution in [1.82, 2.24) is 16.0 Å². The van der Waals surface area contributed by atoms with Gasteiger partial charge >= 0.3 is 6.03 Å². The van der Waals surface area contributed by atoms with Crippen molar-refractivity contribution < 1.29 is 4.79 Å². The maximum Gasteiger partial charge on any atom is 0.315 e. The Morgan fingerprint density at radius 3 is 2.94 bits per heavy atom. The van der Waals surface area contributed by atoms with Gasteiger partial charge in [0.15, 0.2) is 0 Å². The highest BCUT2D eigenvalue weighted by atomic mass is 16.2. The minimum atomic E-state index is -0.00870. The SMILES string of the molecule is CC(C)NC(=O)NC12CCCCC1NCC2. The third kappa shape index (κ3) is 2.32. The fraction of sp³-hybridized carbons (Fsp3) is 0.917. The van der Waals surface area contributed by atoms with Gasteiger partial charge in [-0.2, -0.15) is 0 Å². The van der Waals surface area contributed by atoms with Crippen molar-refractivity contribution in [3.63, 3.8) is 0 Å². The van der Waals surface area contributed by atoms with Crippen molar-refractivity contribution >= 4 is 6.03 Å². The van der Waals surface area contributed by atoms with E-state index in [0.717, 1.165) is 19.4 Å². The Labute approximate surface area is 97.6 Å². The largest absolute Gasteiger partial charge is 0.336 e. The highest BCUT2D eigenvalue weighted by Gasteiger charge is 2.45. The first-order valence-corrected chi connectivity index (χ1v) is 6.44. The van der Waals surface area contributed by atoms with E-state index < -0.39 is 0 Å². The lowest BCUT2D eigenvalue weighted by atomic mass is 9.78.